The molecular weight excluding hydrogens is 348 g/mol. The minimum Gasteiger partial charge on any atom is -0.294 e. The van der Waals surface area contributed by atoms with Gasteiger partial charge in [-0.1, -0.05) is 26.0 Å². The van der Waals surface area contributed by atoms with Crippen LogP contribution in [-0.4, -0.2) is 26.6 Å². The summed E-state index contributed by atoms with van der Waals surface area (Å²) in [6.45, 7) is 3.99. The fraction of sp³-hybridized carbons (Fsp3) is 0.263. The Morgan fingerprint density at radius 3 is 2.85 bits per heavy atom. The van der Waals surface area contributed by atoms with Gasteiger partial charge in [0.05, 0.1) is 16.2 Å². The van der Waals surface area contributed by atoms with Gasteiger partial charge in [0, 0.05) is 30.8 Å². The summed E-state index contributed by atoms with van der Waals surface area (Å²) in [5.74, 6) is -0.347. The molecule has 1 aliphatic rings. The van der Waals surface area contributed by atoms with Crippen LogP contribution in [0.3, 0.4) is 0 Å². The number of nitro benzene ring substituents is 1. The number of carbonyl (C=O) groups is 2. The van der Waals surface area contributed by atoms with Crippen LogP contribution in [0.4, 0.5) is 11.6 Å². The van der Waals surface area contributed by atoms with Crippen LogP contribution in [0.5, 0.6) is 0 Å². The van der Waals surface area contributed by atoms with Gasteiger partial charge in [-0.25, -0.2) is 9.97 Å². The summed E-state index contributed by atoms with van der Waals surface area (Å²) in [7, 11) is 0. The third-order valence-corrected chi connectivity index (χ3v) is 4.20. The van der Waals surface area contributed by atoms with Crippen molar-refractivity contribution < 1.29 is 14.5 Å². The molecule has 1 aromatic carbocycles. The lowest BCUT2D eigenvalue weighted by Crippen LogP contribution is -2.28. The van der Waals surface area contributed by atoms with E-state index in [1.165, 1.54) is 30.5 Å². The fourth-order valence-electron chi connectivity index (χ4n) is 2.96. The average molecular weight is 366 g/mol. The first-order valence-corrected chi connectivity index (χ1v) is 8.36. The van der Waals surface area contributed by atoms with E-state index in [-0.39, 0.29) is 22.8 Å². The van der Waals surface area contributed by atoms with Gasteiger partial charge < -0.3 is 0 Å². The Balaban J connectivity index is 1.72. The van der Waals surface area contributed by atoms with Crippen LogP contribution in [0, 0.1) is 15.5 Å². The maximum atomic E-state index is 12.1. The first kappa shape index (κ1) is 18.4. The maximum absolute atomic E-state index is 12.1. The molecule has 1 aromatic heterocycles. The normalized spacial score (nSPS) is 15.4. The highest BCUT2D eigenvalue weighted by atomic mass is 16.6. The summed E-state index contributed by atoms with van der Waals surface area (Å²) in [5.41, 5.74) is 1.42. The molecule has 0 radical (unpaired) electrons. The molecule has 0 saturated heterocycles. The molecule has 0 atom stereocenters. The molecule has 1 heterocycles. The van der Waals surface area contributed by atoms with Crippen molar-refractivity contribution in [3.63, 3.8) is 0 Å². The fourth-order valence-corrected chi connectivity index (χ4v) is 2.96. The molecule has 0 fully saturated rings. The van der Waals surface area contributed by atoms with Gasteiger partial charge >= 0.3 is 0 Å². The predicted octanol–water partition coefficient (Wildman–Crippen LogP) is 3.19. The molecule has 8 nitrogen and oxygen atoms in total. The minimum absolute atomic E-state index is 0.00435. The lowest BCUT2D eigenvalue weighted by atomic mass is 9.76. The number of aromatic nitrogens is 2. The van der Waals surface area contributed by atoms with Gasteiger partial charge in [0.15, 0.2) is 5.78 Å². The Morgan fingerprint density at radius 1 is 1.33 bits per heavy atom. The Kier molecular flexibility index (Phi) is 4.81. The van der Waals surface area contributed by atoms with Crippen LogP contribution >= 0.6 is 0 Å². The lowest BCUT2D eigenvalue weighted by molar-refractivity contribution is -0.384. The van der Waals surface area contributed by atoms with Gasteiger partial charge in [-0.3, -0.25) is 25.0 Å². The smallest absolute Gasteiger partial charge is 0.270 e. The van der Waals surface area contributed by atoms with E-state index in [1.807, 2.05) is 13.8 Å². The lowest BCUT2D eigenvalue weighted by Gasteiger charge is -2.29. The maximum Gasteiger partial charge on any atom is 0.270 e. The van der Waals surface area contributed by atoms with Crippen molar-refractivity contribution in [3.8, 4) is 0 Å². The number of benzene rings is 1. The molecule has 1 amide bonds. The molecule has 0 saturated carbocycles. The number of carbonyl (C=O) groups excluding carboxylic acids is 2. The van der Waals surface area contributed by atoms with Gasteiger partial charge in [-0.15, -0.1) is 0 Å². The highest BCUT2D eigenvalue weighted by Gasteiger charge is 2.32. The number of hydrogen-bond acceptors (Lipinski definition) is 6. The molecule has 27 heavy (non-hydrogen) atoms. The van der Waals surface area contributed by atoms with Gasteiger partial charge in [-0.05, 0) is 23.5 Å². The quantitative estimate of drug-likeness (QED) is 0.505. The van der Waals surface area contributed by atoms with Crippen LogP contribution in [-0.2, 0) is 11.2 Å². The van der Waals surface area contributed by atoms with Crippen LogP contribution in [0.2, 0.25) is 0 Å². The zero-order valence-electron chi connectivity index (χ0n) is 14.9. The van der Waals surface area contributed by atoms with E-state index in [2.05, 4.69) is 15.3 Å². The number of nitrogens with one attached hydrogen (secondary N) is 1. The molecule has 2 aromatic rings. The molecule has 1 N–H and O–H groups in total. The number of fused-ring (bicyclic) bond motifs is 1. The van der Waals surface area contributed by atoms with Crippen LogP contribution in [0.25, 0.3) is 6.08 Å². The van der Waals surface area contributed by atoms with Gasteiger partial charge in [-0.2, -0.15) is 0 Å². The Morgan fingerprint density at radius 2 is 2.11 bits per heavy atom. The number of amides is 1. The number of anilines is 1. The summed E-state index contributed by atoms with van der Waals surface area (Å²) in [6.07, 6.45) is 5.23. The van der Waals surface area contributed by atoms with Crippen molar-refractivity contribution in [2.24, 2.45) is 5.41 Å². The standard InChI is InChI=1S/C19H18N4O4/c1-19(2)9-15-14(16(24)10-19)11-20-18(21-15)22-17(25)7-6-12-4-3-5-13(8-12)23(26)27/h3-8,11H,9-10H2,1-2H3,(H,20,21,22,25)/b7-6+. The van der Waals surface area contributed by atoms with E-state index < -0.39 is 10.8 Å². The summed E-state index contributed by atoms with van der Waals surface area (Å²) in [6, 6.07) is 5.94. The molecule has 0 aliphatic heterocycles. The first-order chi connectivity index (χ1) is 12.7. The van der Waals surface area contributed by atoms with E-state index >= 15 is 0 Å². The molecule has 0 bridgehead atoms. The molecule has 1 aliphatic carbocycles. The first-order valence-electron chi connectivity index (χ1n) is 8.36. The summed E-state index contributed by atoms with van der Waals surface area (Å²) < 4.78 is 0. The number of nitro groups is 1. The number of non-ortho nitro benzene ring substituents is 1. The van der Waals surface area contributed by atoms with Crippen LogP contribution < -0.4 is 5.32 Å². The predicted molar refractivity (Wildman–Crippen MR) is 99.2 cm³/mol. The van der Waals surface area contributed by atoms with Crippen molar-refractivity contribution in [2.75, 3.05) is 5.32 Å². The highest BCUT2D eigenvalue weighted by Crippen LogP contribution is 2.33. The zero-order chi connectivity index (χ0) is 19.6. The number of rotatable bonds is 4. The van der Waals surface area contributed by atoms with Crippen molar-refractivity contribution >= 4 is 29.4 Å². The Labute approximate surface area is 155 Å². The van der Waals surface area contributed by atoms with Gasteiger partial charge in [0.2, 0.25) is 5.95 Å². The molecule has 0 spiro atoms. The number of Topliss-reactive ketones (excluding diaryl/α,β-unsaturated/α-hetero) is 1. The molecular formula is C19H18N4O4. The van der Waals surface area contributed by atoms with Crippen molar-refractivity contribution in [1.29, 1.82) is 0 Å². The van der Waals surface area contributed by atoms with Gasteiger partial charge in [0.1, 0.15) is 0 Å². The highest BCUT2D eigenvalue weighted by molar-refractivity contribution is 6.01. The van der Waals surface area contributed by atoms with Crippen molar-refractivity contribution in [3.05, 3.63) is 63.5 Å². The topological polar surface area (TPSA) is 115 Å². The van der Waals surface area contributed by atoms with E-state index in [0.29, 0.717) is 29.7 Å². The Bertz CT molecular complexity index is 966. The third-order valence-electron chi connectivity index (χ3n) is 4.20. The second-order valence-electron chi connectivity index (χ2n) is 7.17. The third kappa shape index (κ3) is 4.41. The van der Waals surface area contributed by atoms with Crippen molar-refractivity contribution in [1.82, 2.24) is 9.97 Å². The summed E-state index contributed by atoms with van der Waals surface area (Å²) in [4.78, 5) is 42.9. The van der Waals surface area contributed by atoms with E-state index in [0.717, 1.165) is 0 Å². The average Bonchev–Trinajstić information content (AvgIpc) is 2.59. The SMILES string of the molecule is CC1(C)CC(=O)c2cnc(NC(=O)/C=C/c3cccc([N+](=O)[O-])c3)nc2C1. The molecule has 0 unspecified atom stereocenters. The number of hydrogen-bond donors (Lipinski definition) is 1. The second kappa shape index (κ2) is 7.06. The number of nitrogens with zero attached hydrogens (tertiary/aromatic N) is 3. The monoisotopic (exact) mass is 366 g/mol. The van der Waals surface area contributed by atoms with E-state index in [9.17, 15) is 19.7 Å². The zero-order valence-corrected chi connectivity index (χ0v) is 14.9. The van der Waals surface area contributed by atoms with Gasteiger partial charge in [0.25, 0.3) is 11.6 Å². The van der Waals surface area contributed by atoms with Crippen molar-refractivity contribution in [2.45, 2.75) is 26.7 Å². The largest absolute Gasteiger partial charge is 0.294 e. The second-order valence-corrected chi connectivity index (χ2v) is 7.17. The van der Waals surface area contributed by atoms with E-state index in [1.54, 1.807) is 12.1 Å². The minimum atomic E-state index is -0.499. The Hall–Kier alpha value is -3.42. The molecule has 138 valence electrons. The molecule has 8 heteroatoms. The summed E-state index contributed by atoms with van der Waals surface area (Å²) >= 11 is 0. The summed E-state index contributed by atoms with van der Waals surface area (Å²) in [5, 5.41) is 13.3. The van der Waals surface area contributed by atoms with Crippen LogP contribution in [0.1, 0.15) is 41.9 Å². The van der Waals surface area contributed by atoms with E-state index in [4.69, 9.17) is 0 Å². The molecule has 3 rings (SSSR count). The van der Waals surface area contributed by atoms with Crippen LogP contribution in [0.15, 0.2) is 36.5 Å². The number of ketones is 1.